The van der Waals surface area contributed by atoms with Crippen molar-refractivity contribution in [3.8, 4) is 11.3 Å². The summed E-state index contributed by atoms with van der Waals surface area (Å²) in [5, 5.41) is 8.99. The minimum atomic E-state index is 0.0191. The van der Waals surface area contributed by atoms with E-state index in [1.807, 2.05) is 36.5 Å². The number of rotatable bonds is 6. The van der Waals surface area contributed by atoms with Crippen molar-refractivity contribution in [2.45, 2.75) is 6.92 Å². The average molecular weight is 441 g/mol. The molecular weight excluding hydrogens is 418 g/mol. The second kappa shape index (κ2) is 9.17. The second-order valence-electron chi connectivity index (χ2n) is 7.70. The smallest absolute Gasteiger partial charge is 0.177 e. The van der Waals surface area contributed by atoms with Gasteiger partial charge in [0.2, 0.25) is 0 Å². The fraction of sp³-hybridized carbons (Fsp3) is 0.208. The van der Waals surface area contributed by atoms with Gasteiger partial charge in [-0.3, -0.25) is 15.2 Å². The van der Waals surface area contributed by atoms with E-state index in [1.54, 1.807) is 42.2 Å². The number of carbonyl (C=O) groups excluding carboxylic acids is 1. The van der Waals surface area contributed by atoms with E-state index >= 15 is 0 Å². The minimum Gasteiger partial charge on any atom is -0.378 e. The van der Waals surface area contributed by atoms with Crippen LogP contribution in [0.4, 0.5) is 11.5 Å². The van der Waals surface area contributed by atoms with Gasteiger partial charge in [-0.05, 0) is 30.7 Å². The predicted molar refractivity (Wildman–Crippen MR) is 127 cm³/mol. The molecule has 4 heterocycles. The first-order valence-electron chi connectivity index (χ1n) is 10.7. The molecular formula is C24H23N7O2. The Balaban J connectivity index is 1.48. The van der Waals surface area contributed by atoms with Crippen molar-refractivity contribution in [1.82, 2.24) is 19.6 Å². The Kier molecular flexibility index (Phi) is 5.77. The number of morpholine rings is 1. The molecule has 9 heteroatoms. The van der Waals surface area contributed by atoms with Gasteiger partial charge in [-0.25, -0.2) is 9.50 Å². The molecule has 1 aliphatic rings. The van der Waals surface area contributed by atoms with E-state index < -0.39 is 0 Å². The van der Waals surface area contributed by atoms with Crippen LogP contribution in [0.2, 0.25) is 0 Å². The van der Waals surface area contributed by atoms with Crippen molar-refractivity contribution in [1.29, 1.82) is 0 Å². The fourth-order valence-corrected chi connectivity index (χ4v) is 3.73. The average Bonchev–Trinajstić information content (AvgIpc) is 3.29. The highest BCUT2D eigenvalue weighted by atomic mass is 16.5. The Morgan fingerprint density at radius 1 is 1.15 bits per heavy atom. The molecule has 0 bridgehead atoms. The Morgan fingerprint density at radius 3 is 2.76 bits per heavy atom. The van der Waals surface area contributed by atoms with Crippen molar-refractivity contribution in [2.24, 2.45) is 5.10 Å². The van der Waals surface area contributed by atoms with Gasteiger partial charge in [-0.1, -0.05) is 18.2 Å². The predicted octanol–water partition coefficient (Wildman–Crippen LogP) is 3.28. The van der Waals surface area contributed by atoms with E-state index in [0.717, 1.165) is 41.2 Å². The molecule has 4 aromatic rings. The Bertz CT molecular complexity index is 1310. The maximum absolute atomic E-state index is 11.6. The van der Waals surface area contributed by atoms with Gasteiger partial charge < -0.3 is 9.64 Å². The summed E-state index contributed by atoms with van der Waals surface area (Å²) >= 11 is 0. The van der Waals surface area contributed by atoms with Crippen molar-refractivity contribution in [2.75, 3.05) is 36.6 Å². The number of Topliss-reactive ketones (excluding diaryl/α,β-unsaturated/α-hetero) is 1. The summed E-state index contributed by atoms with van der Waals surface area (Å²) in [5.74, 6) is 0.604. The Hall–Kier alpha value is -4.11. The largest absolute Gasteiger partial charge is 0.378 e. The number of carbonyl (C=O) groups is 1. The lowest BCUT2D eigenvalue weighted by atomic mass is 10.1. The van der Waals surface area contributed by atoms with Gasteiger partial charge in [0.15, 0.2) is 17.2 Å². The first kappa shape index (κ1) is 20.8. The van der Waals surface area contributed by atoms with E-state index in [9.17, 15) is 4.79 Å². The van der Waals surface area contributed by atoms with Crippen LogP contribution in [0.15, 0.2) is 66.2 Å². The number of benzene rings is 1. The normalized spacial score (nSPS) is 14.2. The van der Waals surface area contributed by atoms with Crippen LogP contribution in [0.25, 0.3) is 16.9 Å². The zero-order chi connectivity index (χ0) is 22.6. The van der Waals surface area contributed by atoms with Gasteiger partial charge in [0, 0.05) is 42.7 Å². The highest BCUT2D eigenvalue weighted by Gasteiger charge is 2.18. The number of ether oxygens (including phenoxy) is 1. The zero-order valence-electron chi connectivity index (χ0n) is 18.2. The van der Waals surface area contributed by atoms with Crippen molar-refractivity contribution >= 4 is 29.2 Å². The first-order chi connectivity index (χ1) is 16.2. The molecule has 0 atom stereocenters. The van der Waals surface area contributed by atoms with Crippen molar-refractivity contribution in [3.05, 3.63) is 72.2 Å². The number of hydrogen-bond acceptors (Lipinski definition) is 8. The van der Waals surface area contributed by atoms with Crippen LogP contribution in [0.1, 0.15) is 22.8 Å². The summed E-state index contributed by atoms with van der Waals surface area (Å²) in [7, 11) is 0. The number of anilines is 2. The van der Waals surface area contributed by atoms with Crippen molar-refractivity contribution < 1.29 is 9.53 Å². The number of hydrazone groups is 1. The SMILES string of the molecule is CC(=O)c1cccc(/C=N\Nc2cc(N3CCOCC3)c3nc(-c4ccncc4)cn3n2)c1. The van der Waals surface area contributed by atoms with E-state index in [-0.39, 0.29) is 5.78 Å². The molecule has 0 aliphatic carbocycles. The highest BCUT2D eigenvalue weighted by molar-refractivity contribution is 5.96. The van der Waals surface area contributed by atoms with Crippen LogP contribution in [0.5, 0.6) is 0 Å². The Morgan fingerprint density at radius 2 is 1.97 bits per heavy atom. The number of nitrogens with zero attached hydrogens (tertiary/aromatic N) is 6. The molecule has 1 aromatic carbocycles. The second-order valence-corrected chi connectivity index (χ2v) is 7.70. The molecule has 0 amide bonds. The summed E-state index contributed by atoms with van der Waals surface area (Å²) in [6, 6.07) is 13.1. The first-order valence-corrected chi connectivity index (χ1v) is 10.7. The number of aromatic nitrogens is 4. The third-order valence-electron chi connectivity index (χ3n) is 5.42. The molecule has 1 saturated heterocycles. The van der Waals surface area contributed by atoms with Gasteiger partial charge in [0.1, 0.15) is 0 Å². The van der Waals surface area contributed by atoms with Gasteiger partial charge in [-0.15, -0.1) is 5.10 Å². The zero-order valence-corrected chi connectivity index (χ0v) is 18.2. The number of nitrogens with one attached hydrogen (secondary N) is 1. The number of fused-ring (bicyclic) bond motifs is 1. The molecule has 3 aromatic heterocycles. The quantitative estimate of drug-likeness (QED) is 0.279. The molecule has 0 spiro atoms. The van der Waals surface area contributed by atoms with E-state index in [0.29, 0.717) is 24.6 Å². The molecule has 0 unspecified atom stereocenters. The van der Waals surface area contributed by atoms with Gasteiger partial charge in [-0.2, -0.15) is 5.10 Å². The molecule has 1 fully saturated rings. The summed E-state index contributed by atoms with van der Waals surface area (Å²) < 4.78 is 7.30. The monoisotopic (exact) mass is 441 g/mol. The lowest BCUT2D eigenvalue weighted by molar-refractivity contribution is 0.101. The van der Waals surface area contributed by atoms with Crippen LogP contribution in [0, 0.1) is 0 Å². The number of pyridine rings is 1. The van der Waals surface area contributed by atoms with E-state index in [2.05, 4.69) is 25.5 Å². The fourth-order valence-electron chi connectivity index (χ4n) is 3.73. The molecule has 5 rings (SSSR count). The molecule has 166 valence electrons. The van der Waals surface area contributed by atoms with Crippen LogP contribution < -0.4 is 10.3 Å². The molecule has 0 radical (unpaired) electrons. The summed E-state index contributed by atoms with van der Waals surface area (Å²) in [4.78, 5) is 22.8. The maximum Gasteiger partial charge on any atom is 0.177 e. The highest BCUT2D eigenvalue weighted by Crippen LogP contribution is 2.27. The maximum atomic E-state index is 11.6. The molecule has 9 nitrogen and oxygen atoms in total. The van der Waals surface area contributed by atoms with Gasteiger partial charge in [0.05, 0.1) is 37.0 Å². The molecule has 0 saturated carbocycles. The third kappa shape index (κ3) is 4.58. The Labute approximate surface area is 190 Å². The van der Waals surface area contributed by atoms with E-state index in [1.165, 1.54) is 0 Å². The standard InChI is InChI=1S/C24H23N7O2/c1-17(32)20-4-2-3-18(13-20)15-26-28-23-14-22(30-9-11-33-12-10-30)24-27-21(16-31(24)29-23)19-5-7-25-8-6-19/h2-8,13-16H,9-12H2,1H3,(H,28,29)/b26-15-. The van der Waals surface area contributed by atoms with Crippen LogP contribution in [-0.2, 0) is 4.74 Å². The third-order valence-corrected chi connectivity index (χ3v) is 5.42. The summed E-state index contributed by atoms with van der Waals surface area (Å²) in [5.41, 5.74) is 8.02. The number of imidazole rings is 1. The lowest BCUT2D eigenvalue weighted by Gasteiger charge is -2.29. The molecule has 33 heavy (non-hydrogen) atoms. The van der Waals surface area contributed by atoms with Crippen LogP contribution in [0.3, 0.4) is 0 Å². The lowest BCUT2D eigenvalue weighted by Crippen LogP contribution is -2.36. The summed E-state index contributed by atoms with van der Waals surface area (Å²) in [6.45, 7) is 4.43. The number of ketones is 1. The van der Waals surface area contributed by atoms with Crippen LogP contribution >= 0.6 is 0 Å². The van der Waals surface area contributed by atoms with E-state index in [4.69, 9.17) is 9.72 Å². The summed E-state index contributed by atoms with van der Waals surface area (Å²) in [6.07, 6.45) is 7.07. The number of hydrogen-bond donors (Lipinski definition) is 1. The topological polar surface area (TPSA) is 97.0 Å². The van der Waals surface area contributed by atoms with Crippen molar-refractivity contribution in [3.63, 3.8) is 0 Å². The van der Waals surface area contributed by atoms with Gasteiger partial charge in [0.25, 0.3) is 0 Å². The van der Waals surface area contributed by atoms with Gasteiger partial charge >= 0.3 is 0 Å². The van der Waals surface area contributed by atoms with Crippen LogP contribution in [-0.4, -0.2) is 57.9 Å². The molecule has 1 N–H and O–H groups in total. The minimum absolute atomic E-state index is 0.0191. The molecule has 1 aliphatic heterocycles.